The SMILES string of the molecule is CN(C)c1ncc(C(=O)Nc2ccc(OC(F)(F)Cl)cc2)cc1B1OCC(C)(C)CO1. The summed E-state index contributed by atoms with van der Waals surface area (Å²) < 4.78 is 41.4. The molecule has 1 aromatic heterocycles. The average Bonchev–Trinajstić information content (AvgIpc) is 2.68. The number of nitrogens with zero attached hydrogens (tertiary/aromatic N) is 2. The van der Waals surface area contributed by atoms with Crippen molar-refractivity contribution in [1.82, 2.24) is 4.98 Å². The molecule has 7 nitrogen and oxygen atoms in total. The monoisotopic (exact) mass is 453 g/mol. The van der Waals surface area contributed by atoms with Gasteiger partial charge in [0.15, 0.2) is 0 Å². The number of alkyl halides is 3. The van der Waals surface area contributed by atoms with Crippen molar-refractivity contribution in [3.63, 3.8) is 0 Å². The van der Waals surface area contributed by atoms with Crippen molar-refractivity contribution in [1.29, 1.82) is 0 Å². The van der Waals surface area contributed by atoms with Crippen LogP contribution in [0.1, 0.15) is 24.2 Å². The second-order valence-electron chi connectivity index (χ2n) is 8.18. The summed E-state index contributed by atoms with van der Waals surface area (Å²) in [5.74, 6) is 0.0723. The number of carbonyl (C=O) groups excluding carboxylic acids is 1. The van der Waals surface area contributed by atoms with E-state index in [4.69, 9.17) is 20.9 Å². The van der Waals surface area contributed by atoms with Crippen molar-refractivity contribution in [2.45, 2.75) is 19.4 Å². The lowest BCUT2D eigenvalue weighted by molar-refractivity contribution is -0.0964. The maximum absolute atomic E-state index is 12.7. The molecular formula is C20H23BClF2N3O4. The number of anilines is 2. The molecule has 1 fully saturated rings. The summed E-state index contributed by atoms with van der Waals surface area (Å²) in [5, 5.41) is 2.69. The molecule has 1 aliphatic rings. The molecule has 0 spiro atoms. The molecule has 11 heteroatoms. The lowest BCUT2D eigenvalue weighted by atomic mass is 9.75. The molecule has 166 valence electrons. The van der Waals surface area contributed by atoms with Gasteiger partial charge in [0.1, 0.15) is 11.6 Å². The van der Waals surface area contributed by atoms with Crippen molar-refractivity contribution < 1.29 is 27.6 Å². The van der Waals surface area contributed by atoms with Gasteiger partial charge >= 0.3 is 12.7 Å². The van der Waals surface area contributed by atoms with Crippen molar-refractivity contribution in [2.24, 2.45) is 5.41 Å². The van der Waals surface area contributed by atoms with Gasteiger partial charge in [0.2, 0.25) is 0 Å². The van der Waals surface area contributed by atoms with E-state index in [1.54, 1.807) is 6.07 Å². The number of nitrogens with one attached hydrogen (secondary N) is 1. The molecule has 2 aromatic rings. The zero-order valence-electron chi connectivity index (χ0n) is 17.6. The van der Waals surface area contributed by atoms with Gasteiger partial charge in [-0.05, 0) is 30.3 Å². The van der Waals surface area contributed by atoms with Gasteiger partial charge < -0.3 is 24.3 Å². The van der Waals surface area contributed by atoms with Crippen molar-refractivity contribution in [3.8, 4) is 5.75 Å². The third kappa shape index (κ3) is 6.28. The highest BCUT2D eigenvalue weighted by atomic mass is 35.5. The Bertz CT molecular complexity index is 929. The first kappa shape index (κ1) is 23.2. The van der Waals surface area contributed by atoms with Crippen LogP contribution in [0.25, 0.3) is 0 Å². The van der Waals surface area contributed by atoms with E-state index in [1.165, 1.54) is 30.5 Å². The summed E-state index contributed by atoms with van der Waals surface area (Å²) in [5.41, 5.74) is -2.58. The lowest BCUT2D eigenvalue weighted by Crippen LogP contribution is -2.49. The largest absolute Gasteiger partial charge is 0.497 e. The molecule has 0 bridgehead atoms. The number of amides is 1. The molecule has 2 heterocycles. The van der Waals surface area contributed by atoms with Gasteiger partial charge in [0.25, 0.3) is 5.91 Å². The lowest BCUT2D eigenvalue weighted by Gasteiger charge is -2.34. The molecule has 0 aliphatic carbocycles. The minimum Gasteiger partial charge on any atom is -0.420 e. The minimum atomic E-state index is -3.81. The molecule has 0 radical (unpaired) electrons. The molecule has 3 rings (SSSR count). The van der Waals surface area contributed by atoms with E-state index in [2.05, 4.69) is 15.0 Å². The highest BCUT2D eigenvalue weighted by Crippen LogP contribution is 2.26. The zero-order chi connectivity index (χ0) is 22.8. The van der Waals surface area contributed by atoms with E-state index in [9.17, 15) is 13.6 Å². The number of aromatic nitrogens is 1. The van der Waals surface area contributed by atoms with Gasteiger partial charge in [-0.2, -0.15) is 0 Å². The van der Waals surface area contributed by atoms with Crippen LogP contribution in [-0.2, 0) is 9.31 Å². The summed E-state index contributed by atoms with van der Waals surface area (Å²) in [6, 6.07) is 7.07. The Kier molecular flexibility index (Phi) is 6.73. The fourth-order valence-electron chi connectivity index (χ4n) is 2.96. The highest BCUT2D eigenvalue weighted by Gasteiger charge is 2.36. The Balaban J connectivity index is 1.77. The van der Waals surface area contributed by atoms with Crippen LogP contribution in [0.2, 0.25) is 0 Å². The van der Waals surface area contributed by atoms with Crippen LogP contribution < -0.4 is 20.4 Å². The Morgan fingerprint density at radius 3 is 2.42 bits per heavy atom. The second kappa shape index (κ2) is 8.98. The number of ether oxygens (including phenoxy) is 1. The molecule has 0 saturated carbocycles. The zero-order valence-corrected chi connectivity index (χ0v) is 18.4. The normalized spacial score (nSPS) is 16.0. The predicted octanol–water partition coefficient (Wildman–Crippen LogP) is 3.34. The number of hydrogen-bond donors (Lipinski definition) is 1. The summed E-state index contributed by atoms with van der Waals surface area (Å²) in [6.07, 6.45) is 1.45. The van der Waals surface area contributed by atoms with Crippen LogP contribution >= 0.6 is 11.6 Å². The molecule has 1 saturated heterocycles. The van der Waals surface area contributed by atoms with Gasteiger partial charge in [-0.15, -0.1) is 8.78 Å². The van der Waals surface area contributed by atoms with E-state index in [0.29, 0.717) is 35.7 Å². The van der Waals surface area contributed by atoms with Crippen molar-refractivity contribution in [3.05, 3.63) is 42.1 Å². The predicted molar refractivity (Wildman–Crippen MR) is 115 cm³/mol. The molecule has 1 aliphatic heterocycles. The van der Waals surface area contributed by atoms with Gasteiger partial charge in [-0.1, -0.05) is 13.8 Å². The summed E-state index contributed by atoms with van der Waals surface area (Å²) >= 11 is 4.75. The minimum absolute atomic E-state index is 0.0967. The van der Waals surface area contributed by atoms with E-state index >= 15 is 0 Å². The van der Waals surface area contributed by atoms with Gasteiger partial charge in [-0.3, -0.25) is 4.79 Å². The standard InChI is InChI=1S/C20H23BClF2N3O4/c1-19(2)11-29-21(30-12-19)16-9-13(10-25-17(16)27(3)4)18(28)26-14-5-7-15(8-6-14)31-20(22,23)24/h5-10H,11-12H2,1-4H3,(H,26,28). The molecular weight excluding hydrogens is 430 g/mol. The smallest absolute Gasteiger partial charge is 0.420 e. The van der Waals surface area contributed by atoms with Crippen LogP contribution in [0.5, 0.6) is 5.75 Å². The van der Waals surface area contributed by atoms with Crippen LogP contribution in [0, 0.1) is 5.41 Å². The molecule has 1 N–H and O–H groups in total. The third-order valence-corrected chi connectivity index (χ3v) is 4.51. The number of benzene rings is 1. The first-order valence-corrected chi connectivity index (χ1v) is 9.89. The molecule has 0 atom stereocenters. The van der Waals surface area contributed by atoms with E-state index in [-0.39, 0.29) is 11.2 Å². The van der Waals surface area contributed by atoms with Gasteiger partial charge in [0, 0.05) is 61.7 Å². The van der Waals surface area contributed by atoms with Gasteiger partial charge in [0.05, 0.1) is 5.56 Å². The van der Waals surface area contributed by atoms with Crippen LogP contribution in [-0.4, -0.2) is 50.9 Å². The Labute approximate surface area is 184 Å². The van der Waals surface area contributed by atoms with E-state index in [0.717, 1.165) is 0 Å². The number of hydrogen-bond acceptors (Lipinski definition) is 6. The highest BCUT2D eigenvalue weighted by molar-refractivity contribution is 6.63. The maximum Gasteiger partial charge on any atom is 0.497 e. The topological polar surface area (TPSA) is 72.9 Å². The Morgan fingerprint density at radius 1 is 1.26 bits per heavy atom. The Morgan fingerprint density at radius 2 is 1.87 bits per heavy atom. The Hall–Kier alpha value is -2.43. The number of rotatable bonds is 6. The van der Waals surface area contributed by atoms with Crippen molar-refractivity contribution in [2.75, 3.05) is 37.5 Å². The van der Waals surface area contributed by atoms with Gasteiger partial charge in [-0.25, -0.2) is 4.98 Å². The average molecular weight is 454 g/mol. The fourth-order valence-corrected chi connectivity index (χ4v) is 3.05. The van der Waals surface area contributed by atoms with Crippen LogP contribution in [0.4, 0.5) is 20.3 Å². The molecule has 1 amide bonds. The molecule has 31 heavy (non-hydrogen) atoms. The fraction of sp³-hybridized carbons (Fsp3) is 0.400. The van der Waals surface area contributed by atoms with E-state index in [1.807, 2.05) is 32.8 Å². The number of halogens is 3. The quantitative estimate of drug-likeness (QED) is 0.534. The third-order valence-electron chi connectivity index (χ3n) is 4.43. The van der Waals surface area contributed by atoms with Crippen molar-refractivity contribution >= 4 is 41.6 Å². The second-order valence-corrected chi connectivity index (χ2v) is 8.62. The number of pyridine rings is 1. The van der Waals surface area contributed by atoms with Crippen LogP contribution in [0.3, 0.4) is 0 Å². The molecule has 0 unspecified atom stereocenters. The number of carbonyl (C=O) groups is 1. The summed E-state index contributed by atoms with van der Waals surface area (Å²) in [7, 11) is 3.04. The molecule has 1 aromatic carbocycles. The van der Waals surface area contributed by atoms with E-state index < -0.39 is 18.6 Å². The first-order chi connectivity index (χ1) is 14.4. The first-order valence-electron chi connectivity index (χ1n) is 9.51. The maximum atomic E-state index is 12.7. The summed E-state index contributed by atoms with van der Waals surface area (Å²) in [6.45, 7) is 5.11. The van der Waals surface area contributed by atoms with Crippen LogP contribution in [0.15, 0.2) is 36.5 Å². The summed E-state index contributed by atoms with van der Waals surface area (Å²) in [4.78, 5) is 18.9.